The predicted octanol–water partition coefficient (Wildman–Crippen LogP) is 5.35. The molecule has 228 valence electrons. The predicted molar refractivity (Wildman–Crippen MR) is 167 cm³/mol. The van der Waals surface area contributed by atoms with Crippen LogP contribution in [-0.4, -0.2) is 56.5 Å². The van der Waals surface area contributed by atoms with Crippen LogP contribution < -0.4 is 25.0 Å². The molecule has 43 heavy (non-hydrogen) atoms. The molecule has 0 spiro atoms. The van der Waals surface area contributed by atoms with Gasteiger partial charge in [-0.05, 0) is 71.2 Å². The largest absolute Gasteiger partial charge is 0.490 e. The van der Waals surface area contributed by atoms with Gasteiger partial charge < -0.3 is 24.3 Å². The molecular weight excluding hydrogens is 665 g/mol. The molecule has 3 aromatic rings. The molecule has 0 aliphatic heterocycles. The van der Waals surface area contributed by atoms with Crippen molar-refractivity contribution in [1.82, 2.24) is 10.7 Å². The van der Waals surface area contributed by atoms with Gasteiger partial charge in [-0.2, -0.15) is 5.10 Å². The maximum absolute atomic E-state index is 13.2. The zero-order valence-corrected chi connectivity index (χ0v) is 26.7. The molecular formula is C30H30BrCl2N3O7. The normalized spacial score (nSPS) is 12.2. The number of methoxy groups -OCH3 is 1. The Morgan fingerprint density at radius 3 is 2.42 bits per heavy atom. The third kappa shape index (κ3) is 10.5. The SMILES string of the molecule is CCOc1cc(/C=N\NC(=O)[C@@H](Cc2ccccc2)NC(=O)[C@@H](C)Oc2ccc(Cl)cc2Cl)cc(Br)c1OCC(=O)OC. The van der Waals surface area contributed by atoms with Gasteiger partial charge in [-0.3, -0.25) is 9.59 Å². The van der Waals surface area contributed by atoms with Crippen LogP contribution in [0, 0.1) is 0 Å². The van der Waals surface area contributed by atoms with Crippen LogP contribution in [0.15, 0.2) is 70.2 Å². The minimum atomic E-state index is -0.974. The molecule has 13 heteroatoms. The average Bonchev–Trinajstić information content (AvgIpc) is 2.98. The number of halogens is 3. The van der Waals surface area contributed by atoms with Gasteiger partial charge in [0.2, 0.25) is 0 Å². The summed E-state index contributed by atoms with van der Waals surface area (Å²) in [6.07, 6.45) is 0.641. The summed E-state index contributed by atoms with van der Waals surface area (Å²) in [5, 5.41) is 7.49. The number of carbonyl (C=O) groups excluding carboxylic acids is 3. The fourth-order valence-corrected chi connectivity index (χ4v) is 4.69. The molecule has 0 saturated carbocycles. The molecule has 10 nitrogen and oxygen atoms in total. The summed E-state index contributed by atoms with van der Waals surface area (Å²) in [4.78, 5) is 37.7. The average molecular weight is 695 g/mol. The molecule has 2 atom stereocenters. The molecule has 0 aliphatic carbocycles. The van der Waals surface area contributed by atoms with Crippen molar-refractivity contribution in [2.75, 3.05) is 20.3 Å². The second-order valence-corrected chi connectivity index (χ2v) is 10.6. The maximum atomic E-state index is 13.2. The van der Waals surface area contributed by atoms with Crippen LogP contribution in [0.3, 0.4) is 0 Å². The van der Waals surface area contributed by atoms with E-state index in [9.17, 15) is 14.4 Å². The molecule has 0 bridgehead atoms. The molecule has 0 saturated heterocycles. The van der Waals surface area contributed by atoms with Crippen molar-refractivity contribution in [2.24, 2.45) is 5.10 Å². The van der Waals surface area contributed by atoms with Gasteiger partial charge in [0.15, 0.2) is 24.2 Å². The van der Waals surface area contributed by atoms with Crippen molar-refractivity contribution in [1.29, 1.82) is 0 Å². The van der Waals surface area contributed by atoms with E-state index in [1.165, 1.54) is 19.4 Å². The molecule has 3 aromatic carbocycles. The second-order valence-electron chi connectivity index (χ2n) is 8.95. The van der Waals surface area contributed by atoms with Crippen LogP contribution >= 0.6 is 39.1 Å². The van der Waals surface area contributed by atoms with Crippen molar-refractivity contribution in [3.63, 3.8) is 0 Å². The first-order chi connectivity index (χ1) is 20.6. The summed E-state index contributed by atoms with van der Waals surface area (Å²) in [5.74, 6) is -0.671. The van der Waals surface area contributed by atoms with Gasteiger partial charge in [-0.25, -0.2) is 10.2 Å². The zero-order valence-electron chi connectivity index (χ0n) is 23.6. The Bertz CT molecular complexity index is 1460. The zero-order chi connectivity index (χ0) is 31.4. The number of nitrogens with zero attached hydrogens (tertiary/aromatic N) is 1. The summed E-state index contributed by atoms with van der Waals surface area (Å²) in [6, 6.07) is 16.2. The van der Waals surface area contributed by atoms with Crippen molar-refractivity contribution < 1.29 is 33.3 Å². The number of nitrogens with one attached hydrogen (secondary N) is 2. The van der Waals surface area contributed by atoms with E-state index in [0.717, 1.165) is 5.56 Å². The van der Waals surface area contributed by atoms with Crippen LogP contribution in [0.1, 0.15) is 25.0 Å². The number of hydrogen-bond acceptors (Lipinski definition) is 8. The lowest BCUT2D eigenvalue weighted by molar-refractivity contribution is -0.143. The van der Waals surface area contributed by atoms with Crippen molar-refractivity contribution in [3.8, 4) is 17.2 Å². The number of benzene rings is 3. The highest BCUT2D eigenvalue weighted by molar-refractivity contribution is 9.10. The molecule has 2 N–H and O–H groups in total. The topological polar surface area (TPSA) is 125 Å². The lowest BCUT2D eigenvalue weighted by atomic mass is 10.1. The first kappa shape index (κ1) is 33.7. The summed E-state index contributed by atoms with van der Waals surface area (Å²) >= 11 is 15.5. The Labute approximate surface area is 267 Å². The minimum Gasteiger partial charge on any atom is -0.490 e. The number of esters is 1. The number of carbonyl (C=O) groups is 3. The third-order valence-corrected chi connectivity index (χ3v) is 6.88. The highest BCUT2D eigenvalue weighted by atomic mass is 79.9. The Hall–Kier alpha value is -3.80. The van der Waals surface area contributed by atoms with Crippen molar-refractivity contribution >= 4 is 63.1 Å². The van der Waals surface area contributed by atoms with Crippen molar-refractivity contribution in [3.05, 3.63) is 86.3 Å². The fourth-order valence-electron chi connectivity index (χ4n) is 3.67. The van der Waals surface area contributed by atoms with E-state index in [4.69, 9.17) is 37.4 Å². The number of rotatable bonds is 14. The van der Waals surface area contributed by atoms with E-state index in [1.807, 2.05) is 30.3 Å². The van der Waals surface area contributed by atoms with E-state index in [-0.39, 0.29) is 23.8 Å². The van der Waals surface area contributed by atoms with E-state index in [2.05, 4.69) is 36.5 Å². The van der Waals surface area contributed by atoms with Crippen LogP contribution in [0.25, 0.3) is 0 Å². The highest BCUT2D eigenvalue weighted by Crippen LogP contribution is 2.36. The maximum Gasteiger partial charge on any atom is 0.343 e. The van der Waals surface area contributed by atoms with E-state index >= 15 is 0 Å². The summed E-state index contributed by atoms with van der Waals surface area (Å²) in [7, 11) is 1.26. The van der Waals surface area contributed by atoms with Crippen molar-refractivity contribution in [2.45, 2.75) is 32.4 Å². The Balaban J connectivity index is 1.73. The summed E-state index contributed by atoms with van der Waals surface area (Å²) < 4.78 is 22.0. The molecule has 0 unspecified atom stereocenters. The summed E-state index contributed by atoms with van der Waals surface area (Å²) in [6.45, 7) is 3.38. The smallest absolute Gasteiger partial charge is 0.343 e. The van der Waals surface area contributed by atoms with E-state index < -0.39 is 29.9 Å². The van der Waals surface area contributed by atoms with Crippen LogP contribution in [-0.2, 0) is 25.5 Å². The first-order valence-corrected chi connectivity index (χ1v) is 14.6. The van der Waals surface area contributed by atoms with Gasteiger partial charge in [0.1, 0.15) is 11.8 Å². The monoisotopic (exact) mass is 693 g/mol. The van der Waals surface area contributed by atoms with E-state index in [1.54, 1.807) is 38.1 Å². The molecule has 0 aromatic heterocycles. The lowest BCUT2D eigenvalue weighted by Crippen LogP contribution is -2.50. The Morgan fingerprint density at radius 1 is 1.00 bits per heavy atom. The van der Waals surface area contributed by atoms with E-state index in [0.29, 0.717) is 33.2 Å². The Morgan fingerprint density at radius 2 is 1.74 bits per heavy atom. The minimum absolute atomic E-state index is 0.203. The molecule has 0 fully saturated rings. The van der Waals surface area contributed by atoms with Crippen LogP contribution in [0.2, 0.25) is 10.0 Å². The van der Waals surface area contributed by atoms with Gasteiger partial charge in [-0.15, -0.1) is 0 Å². The van der Waals surface area contributed by atoms with Gasteiger partial charge in [-0.1, -0.05) is 53.5 Å². The lowest BCUT2D eigenvalue weighted by Gasteiger charge is -2.21. The second kappa shape index (κ2) is 16.7. The van der Waals surface area contributed by atoms with Gasteiger partial charge >= 0.3 is 5.97 Å². The molecule has 0 heterocycles. The fraction of sp³-hybridized carbons (Fsp3) is 0.267. The van der Waals surface area contributed by atoms with Gasteiger partial charge in [0.05, 0.1) is 29.4 Å². The molecule has 0 radical (unpaired) electrons. The first-order valence-electron chi connectivity index (χ1n) is 13.1. The Kier molecular flexibility index (Phi) is 13.1. The van der Waals surface area contributed by atoms with Gasteiger partial charge in [0.25, 0.3) is 11.8 Å². The molecule has 3 rings (SSSR count). The standard InChI is InChI=1S/C30H30BrCl2N3O7/c1-4-41-26-14-20(12-22(31)28(26)42-17-27(37)40-3)16-34-36-30(39)24(13-19-8-6-5-7-9-19)35-29(38)18(2)43-25-11-10-21(32)15-23(25)33/h5-12,14-16,18,24H,4,13,17H2,1-3H3,(H,35,38)(H,36,39)/b34-16-/t18-,24-/m1/s1. The quantitative estimate of drug-likeness (QED) is 0.132. The summed E-state index contributed by atoms with van der Waals surface area (Å²) in [5.41, 5.74) is 3.87. The number of hydrazone groups is 1. The number of amides is 2. The molecule has 2 amide bonds. The van der Waals surface area contributed by atoms with Crippen LogP contribution in [0.5, 0.6) is 17.2 Å². The third-order valence-electron chi connectivity index (χ3n) is 5.76. The number of ether oxygens (including phenoxy) is 4. The number of hydrogen-bond donors (Lipinski definition) is 2. The van der Waals surface area contributed by atoms with Crippen LogP contribution in [0.4, 0.5) is 0 Å². The molecule has 0 aliphatic rings. The van der Waals surface area contributed by atoms with Gasteiger partial charge in [0, 0.05) is 11.4 Å². The highest BCUT2D eigenvalue weighted by Gasteiger charge is 2.25.